The largest absolute Gasteiger partial charge is 0.379 e. The second-order valence-electron chi connectivity index (χ2n) is 7.51. The summed E-state index contributed by atoms with van der Waals surface area (Å²) >= 11 is 12.7. The zero-order valence-corrected chi connectivity index (χ0v) is 19.9. The molecule has 170 valence electrons. The molecule has 0 spiro atoms. The van der Waals surface area contributed by atoms with Crippen LogP contribution in [0.5, 0.6) is 0 Å². The van der Waals surface area contributed by atoms with E-state index < -0.39 is 10.0 Å². The predicted molar refractivity (Wildman–Crippen MR) is 125 cm³/mol. The third-order valence-corrected chi connectivity index (χ3v) is 7.87. The molecule has 1 N–H and O–H groups in total. The van der Waals surface area contributed by atoms with E-state index >= 15 is 0 Å². The molecule has 0 unspecified atom stereocenters. The lowest BCUT2D eigenvalue weighted by Crippen LogP contribution is -2.40. The lowest BCUT2D eigenvalue weighted by molar-refractivity contribution is 0.0730. The summed E-state index contributed by atoms with van der Waals surface area (Å²) in [7, 11) is -3.49. The fourth-order valence-corrected chi connectivity index (χ4v) is 5.49. The Morgan fingerprint density at radius 2 is 1.78 bits per heavy atom. The van der Waals surface area contributed by atoms with Gasteiger partial charge in [0.2, 0.25) is 10.0 Å². The number of ether oxygens (including phenoxy) is 1. The van der Waals surface area contributed by atoms with Crippen LogP contribution in [0.3, 0.4) is 0 Å². The number of aromatic nitrogens is 2. The van der Waals surface area contributed by atoms with Crippen LogP contribution in [0.1, 0.15) is 16.8 Å². The van der Waals surface area contributed by atoms with Gasteiger partial charge in [0.25, 0.3) is 0 Å². The number of rotatable bonds is 7. The first kappa shape index (κ1) is 23.2. The first-order valence-electron chi connectivity index (χ1n) is 10.2. The number of hydrogen-bond donors (Lipinski definition) is 1. The van der Waals surface area contributed by atoms with Gasteiger partial charge >= 0.3 is 0 Å². The van der Waals surface area contributed by atoms with E-state index in [0.717, 1.165) is 22.5 Å². The van der Waals surface area contributed by atoms with Crippen LogP contribution in [-0.4, -0.2) is 48.8 Å². The molecule has 0 bridgehead atoms. The molecule has 2 aromatic carbocycles. The van der Waals surface area contributed by atoms with Gasteiger partial charge in [-0.15, -0.1) is 0 Å². The van der Waals surface area contributed by atoms with E-state index in [4.69, 9.17) is 27.9 Å². The monoisotopic (exact) mass is 494 g/mol. The molecule has 32 heavy (non-hydrogen) atoms. The number of sulfonamides is 1. The van der Waals surface area contributed by atoms with Crippen molar-refractivity contribution in [2.24, 2.45) is 0 Å². The summed E-state index contributed by atoms with van der Waals surface area (Å²) in [5.41, 5.74) is 3.50. The minimum Gasteiger partial charge on any atom is -0.379 e. The third kappa shape index (κ3) is 5.01. The van der Waals surface area contributed by atoms with E-state index in [9.17, 15) is 8.42 Å². The number of halogens is 2. The molecule has 2 heterocycles. The fraction of sp³-hybridized carbons (Fsp3) is 0.318. The minimum absolute atomic E-state index is 0.296. The molecule has 0 atom stereocenters. The maximum absolute atomic E-state index is 12.7. The summed E-state index contributed by atoms with van der Waals surface area (Å²) < 4.78 is 33.9. The molecular formula is C22H24Cl2N4O3S. The number of nitrogens with one attached hydrogen (secondary N) is 1. The standard InChI is InChI=1S/C22H24Cl2N4O3S/c1-16-21(22(24)28(26-16)19-4-2-3-18(23)13-19)15-25-14-17-5-7-20(8-6-17)32(29,30)27-9-11-31-12-10-27/h2-8,13,25H,9-12,14-15H2,1H3. The second kappa shape index (κ2) is 9.91. The van der Waals surface area contributed by atoms with Crippen LogP contribution in [0.2, 0.25) is 10.2 Å². The van der Waals surface area contributed by atoms with Crippen LogP contribution >= 0.6 is 23.2 Å². The van der Waals surface area contributed by atoms with Gasteiger partial charge in [0.05, 0.1) is 29.5 Å². The van der Waals surface area contributed by atoms with Crippen LogP contribution in [0.4, 0.5) is 0 Å². The summed E-state index contributed by atoms with van der Waals surface area (Å²) in [5, 5.41) is 9.04. The highest BCUT2D eigenvalue weighted by atomic mass is 35.5. The number of nitrogens with zero attached hydrogens (tertiary/aromatic N) is 3. The van der Waals surface area contributed by atoms with Crippen LogP contribution in [0.25, 0.3) is 5.69 Å². The van der Waals surface area contributed by atoms with Crippen LogP contribution in [0.15, 0.2) is 53.4 Å². The molecule has 0 aliphatic carbocycles. The van der Waals surface area contributed by atoms with E-state index in [1.54, 1.807) is 22.9 Å². The Labute approximate surface area is 197 Å². The topological polar surface area (TPSA) is 76.5 Å². The molecular weight excluding hydrogens is 471 g/mol. The first-order valence-corrected chi connectivity index (χ1v) is 12.4. The van der Waals surface area contributed by atoms with Gasteiger partial charge in [0.1, 0.15) is 5.15 Å². The van der Waals surface area contributed by atoms with Crippen molar-refractivity contribution in [2.75, 3.05) is 26.3 Å². The Morgan fingerprint density at radius 3 is 2.47 bits per heavy atom. The molecule has 1 aliphatic heterocycles. The van der Waals surface area contributed by atoms with Crippen molar-refractivity contribution in [3.63, 3.8) is 0 Å². The summed E-state index contributed by atoms with van der Waals surface area (Å²) in [4.78, 5) is 0.296. The van der Waals surface area contributed by atoms with Gasteiger partial charge in [-0.05, 0) is 42.8 Å². The molecule has 1 aliphatic rings. The number of benzene rings is 2. The molecule has 1 fully saturated rings. The highest BCUT2D eigenvalue weighted by Crippen LogP contribution is 2.25. The van der Waals surface area contributed by atoms with Gasteiger partial charge in [-0.1, -0.05) is 41.4 Å². The quantitative estimate of drug-likeness (QED) is 0.540. The van der Waals surface area contributed by atoms with Crippen molar-refractivity contribution in [1.29, 1.82) is 0 Å². The molecule has 0 saturated carbocycles. The van der Waals surface area contributed by atoms with Crippen LogP contribution in [0, 0.1) is 6.92 Å². The first-order chi connectivity index (χ1) is 15.4. The van der Waals surface area contributed by atoms with Crippen molar-refractivity contribution in [3.05, 3.63) is 75.5 Å². The number of hydrogen-bond acceptors (Lipinski definition) is 5. The van der Waals surface area contributed by atoms with Crippen molar-refractivity contribution in [3.8, 4) is 5.69 Å². The Kier molecular flexibility index (Phi) is 7.19. The average molecular weight is 495 g/mol. The van der Waals surface area contributed by atoms with E-state index in [0.29, 0.717) is 54.5 Å². The summed E-state index contributed by atoms with van der Waals surface area (Å²) in [6.45, 7) is 4.63. The van der Waals surface area contributed by atoms with E-state index in [1.165, 1.54) is 4.31 Å². The molecule has 7 nitrogen and oxygen atoms in total. The smallest absolute Gasteiger partial charge is 0.243 e. The molecule has 0 radical (unpaired) electrons. The van der Waals surface area contributed by atoms with Crippen molar-refractivity contribution >= 4 is 33.2 Å². The zero-order chi connectivity index (χ0) is 22.7. The Hall–Kier alpha value is -1.94. The predicted octanol–water partition coefficient (Wildman–Crippen LogP) is 3.80. The number of aryl methyl sites for hydroxylation is 1. The third-order valence-electron chi connectivity index (χ3n) is 5.34. The molecule has 1 saturated heterocycles. The van der Waals surface area contributed by atoms with Crippen molar-refractivity contribution in [2.45, 2.75) is 24.9 Å². The van der Waals surface area contributed by atoms with Gasteiger partial charge in [-0.25, -0.2) is 13.1 Å². The van der Waals surface area contributed by atoms with E-state index in [-0.39, 0.29) is 0 Å². The van der Waals surface area contributed by atoms with E-state index in [1.807, 2.05) is 37.3 Å². The van der Waals surface area contributed by atoms with Crippen molar-refractivity contribution < 1.29 is 13.2 Å². The van der Waals surface area contributed by atoms with Crippen molar-refractivity contribution in [1.82, 2.24) is 19.4 Å². The summed E-state index contributed by atoms with van der Waals surface area (Å²) in [5.74, 6) is 0. The van der Waals surface area contributed by atoms with Crippen LogP contribution in [-0.2, 0) is 27.8 Å². The highest BCUT2D eigenvalue weighted by molar-refractivity contribution is 7.89. The van der Waals surface area contributed by atoms with Gasteiger partial charge in [-0.2, -0.15) is 9.40 Å². The van der Waals surface area contributed by atoms with Gasteiger partial charge < -0.3 is 10.1 Å². The summed E-state index contributed by atoms with van der Waals surface area (Å²) in [6.07, 6.45) is 0. The Morgan fingerprint density at radius 1 is 1.06 bits per heavy atom. The maximum atomic E-state index is 12.7. The number of morpholine rings is 1. The Bertz CT molecular complexity index is 1190. The fourth-order valence-electron chi connectivity index (χ4n) is 3.56. The molecule has 3 aromatic rings. The minimum atomic E-state index is -3.49. The SMILES string of the molecule is Cc1nn(-c2cccc(Cl)c2)c(Cl)c1CNCc1ccc(S(=O)(=O)N2CCOCC2)cc1. The highest BCUT2D eigenvalue weighted by Gasteiger charge is 2.26. The Balaban J connectivity index is 1.40. The molecule has 1 aromatic heterocycles. The zero-order valence-electron chi connectivity index (χ0n) is 17.6. The second-order valence-corrected chi connectivity index (χ2v) is 10.2. The average Bonchev–Trinajstić information content (AvgIpc) is 3.08. The lowest BCUT2D eigenvalue weighted by Gasteiger charge is -2.26. The molecule has 10 heteroatoms. The molecule has 0 amide bonds. The van der Waals surface area contributed by atoms with Gasteiger partial charge in [-0.3, -0.25) is 0 Å². The van der Waals surface area contributed by atoms with Gasteiger partial charge in [0.15, 0.2) is 0 Å². The molecule has 4 rings (SSSR count). The van der Waals surface area contributed by atoms with E-state index in [2.05, 4.69) is 10.4 Å². The normalized spacial score (nSPS) is 15.2. The lowest BCUT2D eigenvalue weighted by atomic mass is 10.2. The van der Waals surface area contributed by atoms with Gasteiger partial charge in [0, 0.05) is 36.8 Å². The maximum Gasteiger partial charge on any atom is 0.243 e. The van der Waals surface area contributed by atoms with Crippen LogP contribution < -0.4 is 5.32 Å². The summed E-state index contributed by atoms with van der Waals surface area (Å²) in [6, 6.07) is 14.3.